The van der Waals surface area contributed by atoms with E-state index in [0.29, 0.717) is 12.8 Å². The second-order valence-corrected chi connectivity index (χ2v) is 5.23. The maximum absolute atomic E-state index is 10.6. The van der Waals surface area contributed by atoms with Gasteiger partial charge in [-0.1, -0.05) is 12.1 Å². The largest absolute Gasteiger partial charge is 0.481 e. The van der Waals surface area contributed by atoms with Gasteiger partial charge in [-0.25, -0.2) is 0 Å². The van der Waals surface area contributed by atoms with E-state index in [9.17, 15) is 9.90 Å². The highest BCUT2D eigenvalue weighted by atomic mass is 127. The lowest BCUT2D eigenvalue weighted by Crippen LogP contribution is -2.44. The fraction of sp³-hybridized carbons (Fsp3) is 0.364. The van der Waals surface area contributed by atoms with Gasteiger partial charge < -0.3 is 10.2 Å². The van der Waals surface area contributed by atoms with Crippen molar-refractivity contribution in [1.29, 1.82) is 0 Å². The Balaban J connectivity index is 2.13. The van der Waals surface area contributed by atoms with E-state index in [4.69, 9.17) is 5.11 Å². The van der Waals surface area contributed by atoms with E-state index in [-0.39, 0.29) is 0 Å². The number of aliphatic carboxylic acids is 1. The Morgan fingerprint density at radius 1 is 1.33 bits per heavy atom. The maximum Gasteiger partial charge on any atom is 0.306 e. The molecule has 80 valence electrons. The van der Waals surface area contributed by atoms with Crippen molar-refractivity contribution in [3.05, 3.63) is 33.4 Å². The van der Waals surface area contributed by atoms with E-state index in [0.717, 1.165) is 9.13 Å². The molecule has 0 heterocycles. The van der Waals surface area contributed by atoms with Crippen molar-refractivity contribution in [2.45, 2.75) is 18.4 Å². The molecule has 0 unspecified atom stereocenters. The molecule has 1 aliphatic carbocycles. The first kappa shape index (κ1) is 10.9. The van der Waals surface area contributed by atoms with E-state index in [1.54, 1.807) is 0 Å². The topological polar surface area (TPSA) is 57.5 Å². The van der Waals surface area contributed by atoms with Crippen molar-refractivity contribution in [2.75, 3.05) is 0 Å². The van der Waals surface area contributed by atoms with Crippen LogP contribution < -0.4 is 0 Å². The molecule has 2 rings (SSSR count). The van der Waals surface area contributed by atoms with Crippen LogP contribution in [0, 0.1) is 9.49 Å². The highest BCUT2D eigenvalue weighted by Gasteiger charge is 2.47. The van der Waals surface area contributed by atoms with E-state index < -0.39 is 17.5 Å². The Morgan fingerprint density at radius 3 is 2.33 bits per heavy atom. The second kappa shape index (κ2) is 3.75. The van der Waals surface area contributed by atoms with Crippen molar-refractivity contribution in [1.82, 2.24) is 0 Å². The second-order valence-electron chi connectivity index (χ2n) is 3.98. The first-order chi connectivity index (χ1) is 7.01. The van der Waals surface area contributed by atoms with Gasteiger partial charge >= 0.3 is 5.97 Å². The molecule has 0 atom stereocenters. The van der Waals surface area contributed by atoms with Crippen LogP contribution in [0.3, 0.4) is 0 Å². The molecule has 1 fully saturated rings. The predicted octanol–water partition coefficient (Wildman–Crippen LogP) is 1.97. The Labute approximate surface area is 101 Å². The number of hydrogen-bond acceptors (Lipinski definition) is 2. The van der Waals surface area contributed by atoms with Crippen molar-refractivity contribution in [2.24, 2.45) is 5.92 Å². The van der Waals surface area contributed by atoms with Crippen LogP contribution in [-0.4, -0.2) is 16.2 Å². The quantitative estimate of drug-likeness (QED) is 0.820. The molecule has 1 aromatic rings. The minimum absolute atomic E-state index is 0.322. The molecule has 1 aliphatic rings. The van der Waals surface area contributed by atoms with Gasteiger partial charge in [0.2, 0.25) is 0 Å². The van der Waals surface area contributed by atoms with Gasteiger partial charge in [-0.05, 0) is 53.1 Å². The molecular formula is C11H11IO3. The number of carboxylic acids is 1. The molecular weight excluding hydrogens is 307 g/mol. The number of aliphatic hydroxyl groups is 1. The Morgan fingerprint density at radius 2 is 1.87 bits per heavy atom. The predicted molar refractivity (Wildman–Crippen MR) is 63.4 cm³/mol. The van der Waals surface area contributed by atoms with E-state index in [2.05, 4.69) is 22.6 Å². The zero-order valence-electron chi connectivity index (χ0n) is 7.98. The first-order valence-corrected chi connectivity index (χ1v) is 5.80. The number of hydrogen-bond donors (Lipinski definition) is 2. The van der Waals surface area contributed by atoms with Gasteiger partial charge in [0, 0.05) is 3.57 Å². The van der Waals surface area contributed by atoms with Gasteiger partial charge in [0.25, 0.3) is 0 Å². The third kappa shape index (κ3) is 2.01. The minimum atomic E-state index is -0.923. The maximum atomic E-state index is 10.6. The third-order valence-electron chi connectivity index (χ3n) is 2.90. The number of rotatable bonds is 2. The molecule has 0 radical (unpaired) electrons. The molecule has 1 aromatic carbocycles. The highest BCUT2D eigenvalue weighted by Crippen LogP contribution is 2.45. The van der Waals surface area contributed by atoms with Gasteiger partial charge in [0.05, 0.1) is 11.5 Å². The summed E-state index contributed by atoms with van der Waals surface area (Å²) in [7, 11) is 0. The van der Waals surface area contributed by atoms with Crippen LogP contribution in [0.4, 0.5) is 0 Å². The average Bonchev–Trinajstić information content (AvgIpc) is 2.13. The highest BCUT2D eigenvalue weighted by molar-refractivity contribution is 14.1. The molecule has 3 nitrogen and oxygen atoms in total. The Bertz CT molecular complexity index is 379. The van der Waals surface area contributed by atoms with Crippen LogP contribution >= 0.6 is 22.6 Å². The van der Waals surface area contributed by atoms with Crippen LogP contribution in [0.15, 0.2) is 24.3 Å². The third-order valence-corrected chi connectivity index (χ3v) is 3.62. The van der Waals surface area contributed by atoms with E-state index >= 15 is 0 Å². The summed E-state index contributed by atoms with van der Waals surface area (Å²) in [5.41, 5.74) is -0.103. The molecule has 1 saturated carbocycles. The summed E-state index contributed by atoms with van der Waals surface area (Å²) in [5.74, 6) is -1.21. The normalized spacial score (nSPS) is 29.6. The standard InChI is InChI=1S/C11H11IO3/c12-9-3-1-8(2-4-9)11(15)5-7(6-11)10(13)14/h1-4,7,15H,5-6H2,(H,13,14). The lowest BCUT2D eigenvalue weighted by Gasteiger charge is -2.41. The summed E-state index contributed by atoms with van der Waals surface area (Å²) in [6.07, 6.45) is 0.645. The molecule has 0 amide bonds. The van der Waals surface area contributed by atoms with Gasteiger partial charge in [-0.2, -0.15) is 0 Å². The number of benzene rings is 1. The number of carbonyl (C=O) groups is 1. The van der Waals surface area contributed by atoms with Crippen molar-refractivity contribution in [3.63, 3.8) is 0 Å². The van der Waals surface area contributed by atoms with Gasteiger partial charge in [0.1, 0.15) is 0 Å². The molecule has 0 aromatic heterocycles. The van der Waals surface area contributed by atoms with Crippen molar-refractivity contribution < 1.29 is 15.0 Å². The van der Waals surface area contributed by atoms with Crippen molar-refractivity contribution in [3.8, 4) is 0 Å². The summed E-state index contributed by atoms with van der Waals surface area (Å²) < 4.78 is 1.11. The summed E-state index contributed by atoms with van der Waals surface area (Å²) in [6, 6.07) is 7.56. The molecule has 0 saturated heterocycles. The zero-order valence-corrected chi connectivity index (χ0v) is 10.1. The van der Waals surface area contributed by atoms with E-state index in [1.165, 1.54) is 0 Å². The van der Waals surface area contributed by atoms with Crippen molar-refractivity contribution >= 4 is 28.6 Å². The molecule has 0 bridgehead atoms. The lowest BCUT2D eigenvalue weighted by atomic mass is 9.67. The molecule has 0 aliphatic heterocycles. The van der Waals surface area contributed by atoms with Gasteiger partial charge in [0.15, 0.2) is 0 Å². The first-order valence-electron chi connectivity index (χ1n) is 4.72. The fourth-order valence-corrected chi connectivity index (χ4v) is 2.29. The molecule has 15 heavy (non-hydrogen) atoms. The SMILES string of the molecule is O=C(O)C1CC(O)(c2ccc(I)cc2)C1. The van der Waals surface area contributed by atoms with Gasteiger partial charge in [-0.15, -0.1) is 0 Å². The molecule has 0 spiro atoms. The smallest absolute Gasteiger partial charge is 0.306 e. The average molecular weight is 318 g/mol. The Kier molecular flexibility index (Phi) is 2.72. The fourth-order valence-electron chi connectivity index (χ4n) is 1.93. The van der Waals surface area contributed by atoms with Crippen LogP contribution in [0.2, 0.25) is 0 Å². The van der Waals surface area contributed by atoms with E-state index in [1.807, 2.05) is 24.3 Å². The molecule has 4 heteroatoms. The van der Waals surface area contributed by atoms with Crippen LogP contribution in [0.1, 0.15) is 18.4 Å². The number of carboxylic acid groups (broad SMARTS) is 1. The number of halogens is 1. The lowest BCUT2D eigenvalue weighted by molar-refractivity contribution is -0.159. The summed E-state index contributed by atoms with van der Waals surface area (Å²) in [5, 5.41) is 18.9. The van der Waals surface area contributed by atoms with Gasteiger partial charge in [-0.3, -0.25) is 4.79 Å². The molecule has 2 N–H and O–H groups in total. The van der Waals surface area contributed by atoms with Crippen LogP contribution in [0.5, 0.6) is 0 Å². The monoisotopic (exact) mass is 318 g/mol. The zero-order chi connectivity index (χ0) is 11.1. The Hall–Kier alpha value is -0.620. The summed E-state index contributed by atoms with van der Waals surface area (Å²) in [6.45, 7) is 0. The summed E-state index contributed by atoms with van der Waals surface area (Å²) >= 11 is 2.19. The van der Waals surface area contributed by atoms with Crippen LogP contribution in [-0.2, 0) is 10.4 Å². The minimum Gasteiger partial charge on any atom is -0.481 e. The van der Waals surface area contributed by atoms with Crippen LogP contribution in [0.25, 0.3) is 0 Å². The summed E-state index contributed by atoms with van der Waals surface area (Å²) in [4.78, 5) is 10.6.